The standard InChI is InChI=1S/C17H19N3O3/c1-23-12-17(22)20-15-5-3-14(4-6-15)19-16(21)7-2-13-8-10-18-11-9-13/h3-6,8-11H,2,7,12H2,1H3,(H,19,21)(H,20,22). The van der Waals surface area contributed by atoms with Crippen LogP contribution in [0, 0.1) is 0 Å². The van der Waals surface area contributed by atoms with E-state index in [0.717, 1.165) is 5.56 Å². The molecule has 1 aromatic carbocycles. The number of aryl methyl sites for hydroxylation is 1. The molecular weight excluding hydrogens is 294 g/mol. The molecule has 0 bridgehead atoms. The van der Waals surface area contributed by atoms with Gasteiger partial charge in [-0.25, -0.2) is 0 Å². The first-order valence-electron chi connectivity index (χ1n) is 7.25. The number of pyridine rings is 1. The van der Waals surface area contributed by atoms with Gasteiger partial charge in [0.05, 0.1) is 0 Å². The number of carbonyl (C=O) groups is 2. The summed E-state index contributed by atoms with van der Waals surface area (Å²) < 4.78 is 4.74. The van der Waals surface area contributed by atoms with Crippen LogP contribution in [-0.2, 0) is 20.7 Å². The van der Waals surface area contributed by atoms with Crippen LogP contribution in [0.1, 0.15) is 12.0 Å². The number of amides is 2. The third-order valence-corrected chi connectivity index (χ3v) is 3.12. The van der Waals surface area contributed by atoms with Crippen LogP contribution in [0.15, 0.2) is 48.8 Å². The smallest absolute Gasteiger partial charge is 0.250 e. The van der Waals surface area contributed by atoms with Gasteiger partial charge in [0.15, 0.2) is 0 Å². The Bertz CT molecular complexity index is 642. The quantitative estimate of drug-likeness (QED) is 0.821. The number of methoxy groups -OCH3 is 1. The molecule has 0 aliphatic heterocycles. The summed E-state index contributed by atoms with van der Waals surface area (Å²) in [5.74, 6) is -0.278. The first-order chi connectivity index (χ1) is 11.2. The van der Waals surface area contributed by atoms with Crippen molar-refractivity contribution < 1.29 is 14.3 Å². The van der Waals surface area contributed by atoms with Gasteiger partial charge in [0.25, 0.3) is 0 Å². The maximum absolute atomic E-state index is 11.9. The molecule has 2 aromatic rings. The van der Waals surface area contributed by atoms with Gasteiger partial charge in [-0.05, 0) is 48.4 Å². The van der Waals surface area contributed by atoms with Gasteiger partial charge in [-0.1, -0.05) is 0 Å². The van der Waals surface area contributed by atoms with Crippen molar-refractivity contribution in [2.75, 3.05) is 24.4 Å². The molecule has 0 saturated heterocycles. The van der Waals surface area contributed by atoms with E-state index < -0.39 is 0 Å². The van der Waals surface area contributed by atoms with Gasteiger partial charge in [-0.2, -0.15) is 0 Å². The summed E-state index contributed by atoms with van der Waals surface area (Å²) in [4.78, 5) is 27.2. The van der Waals surface area contributed by atoms with E-state index in [-0.39, 0.29) is 18.4 Å². The molecule has 2 rings (SSSR count). The van der Waals surface area contributed by atoms with Gasteiger partial charge in [0.1, 0.15) is 6.61 Å². The van der Waals surface area contributed by atoms with E-state index in [1.807, 2.05) is 12.1 Å². The van der Waals surface area contributed by atoms with Gasteiger partial charge >= 0.3 is 0 Å². The zero-order valence-corrected chi connectivity index (χ0v) is 12.9. The number of aromatic nitrogens is 1. The van der Waals surface area contributed by atoms with E-state index in [1.54, 1.807) is 36.7 Å². The van der Waals surface area contributed by atoms with Crippen molar-refractivity contribution in [3.8, 4) is 0 Å². The highest BCUT2D eigenvalue weighted by molar-refractivity contribution is 5.93. The van der Waals surface area contributed by atoms with Crippen molar-refractivity contribution in [1.82, 2.24) is 4.98 Å². The van der Waals surface area contributed by atoms with E-state index in [1.165, 1.54) is 7.11 Å². The van der Waals surface area contributed by atoms with E-state index in [9.17, 15) is 9.59 Å². The van der Waals surface area contributed by atoms with Gasteiger partial charge in [0.2, 0.25) is 11.8 Å². The minimum Gasteiger partial charge on any atom is -0.375 e. The van der Waals surface area contributed by atoms with Crippen LogP contribution >= 0.6 is 0 Å². The molecule has 6 heteroatoms. The summed E-state index contributed by atoms with van der Waals surface area (Å²) in [6, 6.07) is 10.7. The molecule has 120 valence electrons. The molecule has 0 atom stereocenters. The number of hydrogen-bond donors (Lipinski definition) is 2. The number of anilines is 2. The van der Waals surface area contributed by atoms with Gasteiger partial charge < -0.3 is 15.4 Å². The molecule has 0 spiro atoms. The fourth-order valence-corrected chi connectivity index (χ4v) is 2.00. The van der Waals surface area contributed by atoms with Crippen LogP contribution in [0.4, 0.5) is 11.4 Å². The fourth-order valence-electron chi connectivity index (χ4n) is 2.00. The maximum atomic E-state index is 11.9. The molecular formula is C17H19N3O3. The van der Waals surface area contributed by atoms with Gasteiger partial charge in [-0.15, -0.1) is 0 Å². The average Bonchev–Trinajstić information content (AvgIpc) is 2.56. The Balaban J connectivity index is 1.80. The van der Waals surface area contributed by atoms with Crippen LogP contribution in [0.3, 0.4) is 0 Å². The molecule has 2 amide bonds. The predicted octanol–water partition coefficient (Wildman–Crippen LogP) is 2.24. The van der Waals surface area contributed by atoms with Crippen LogP contribution in [0.5, 0.6) is 0 Å². The lowest BCUT2D eigenvalue weighted by Crippen LogP contribution is -2.17. The molecule has 0 aliphatic rings. The summed E-state index contributed by atoms with van der Waals surface area (Å²) in [7, 11) is 1.46. The number of nitrogens with zero attached hydrogens (tertiary/aromatic N) is 1. The Morgan fingerprint density at radius 2 is 1.52 bits per heavy atom. The number of rotatable bonds is 7. The van der Waals surface area contributed by atoms with E-state index in [0.29, 0.717) is 24.2 Å². The number of nitrogens with one attached hydrogen (secondary N) is 2. The van der Waals surface area contributed by atoms with Gasteiger partial charge in [0, 0.05) is 37.3 Å². The van der Waals surface area contributed by atoms with Crippen molar-refractivity contribution in [3.63, 3.8) is 0 Å². The summed E-state index contributed by atoms with van der Waals surface area (Å²) >= 11 is 0. The first kappa shape index (κ1) is 16.6. The molecule has 1 heterocycles. The van der Waals surface area contributed by atoms with E-state index in [4.69, 9.17) is 4.74 Å². The molecule has 0 radical (unpaired) electrons. The third kappa shape index (κ3) is 5.88. The van der Waals surface area contributed by atoms with Crippen molar-refractivity contribution in [2.24, 2.45) is 0 Å². The maximum Gasteiger partial charge on any atom is 0.250 e. The van der Waals surface area contributed by atoms with Crippen molar-refractivity contribution in [3.05, 3.63) is 54.4 Å². The lowest BCUT2D eigenvalue weighted by molar-refractivity contribution is -0.119. The second-order valence-electron chi connectivity index (χ2n) is 4.96. The minimum absolute atomic E-state index is 0.00743. The molecule has 0 saturated carbocycles. The summed E-state index contributed by atoms with van der Waals surface area (Å²) in [6.45, 7) is 0.00743. The molecule has 0 fully saturated rings. The number of carbonyl (C=O) groups excluding carboxylic acids is 2. The summed E-state index contributed by atoms with van der Waals surface area (Å²) in [6.07, 6.45) is 4.49. The second kappa shape index (κ2) is 8.65. The van der Waals surface area contributed by atoms with Gasteiger partial charge in [-0.3, -0.25) is 14.6 Å². The van der Waals surface area contributed by atoms with Crippen molar-refractivity contribution in [2.45, 2.75) is 12.8 Å². The average molecular weight is 313 g/mol. The molecule has 1 aromatic heterocycles. The van der Waals surface area contributed by atoms with Crippen LogP contribution in [0.25, 0.3) is 0 Å². The Kier molecular flexibility index (Phi) is 6.26. The lowest BCUT2D eigenvalue weighted by atomic mass is 10.1. The lowest BCUT2D eigenvalue weighted by Gasteiger charge is -2.08. The highest BCUT2D eigenvalue weighted by Crippen LogP contribution is 2.14. The Morgan fingerprint density at radius 1 is 0.957 bits per heavy atom. The zero-order valence-electron chi connectivity index (χ0n) is 12.9. The Hall–Kier alpha value is -2.73. The molecule has 0 aliphatic carbocycles. The normalized spacial score (nSPS) is 10.1. The second-order valence-corrected chi connectivity index (χ2v) is 4.96. The number of benzene rings is 1. The van der Waals surface area contributed by atoms with Crippen LogP contribution in [-0.4, -0.2) is 30.5 Å². The predicted molar refractivity (Wildman–Crippen MR) is 88.1 cm³/mol. The fraction of sp³-hybridized carbons (Fsp3) is 0.235. The van der Waals surface area contributed by atoms with E-state index >= 15 is 0 Å². The Morgan fingerprint density at radius 3 is 2.09 bits per heavy atom. The Labute approximate surface area is 134 Å². The number of ether oxygens (including phenoxy) is 1. The molecule has 23 heavy (non-hydrogen) atoms. The molecule has 2 N–H and O–H groups in total. The zero-order chi connectivity index (χ0) is 16.5. The van der Waals surface area contributed by atoms with Crippen LogP contribution < -0.4 is 10.6 Å². The van der Waals surface area contributed by atoms with Crippen molar-refractivity contribution >= 4 is 23.2 Å². The molecule has 0 unspecified atom stereocenters. The highest BCUT2D eigenvalue weighted by Gasteiger charge is 2.05. The third-order valence-electron chi connectivity index (χ3n) is 3.12. The monoisotopic (exact) mass is 313 g/mol. The summed E-state index contributed by atoms with van der Waals surface area (Å²) in [5.41, 5.74) is 2.42. The largest absolute Gasteiger partial charge is 0.375 e. The van der Waals surface area contributed by atoms with Crippen molar-refractivity contribution in [1.29, 1.82) is 0 Å². The SMILES string of the molecule is COCC(=O)Nc1ccc(NC(=O)CCc2ccncc2)cc1. The molecule has 6 nitrogen and oxygen atoms in total. The number of hydrogen-bond acceptors (Lipinski definition) is 4. The first-order valence-corrected chi connectivity index (χ1v) is 7.25. The topological polar surface area (TPSA) is 80.3 Å². The van der Waals surface area contributed by atoms with E-state index in [2.05, 4.69) is 15.6 Å². The highest BCUT2D eigenvalue weighted by atomic mass is 16.5. The minimum atomic E-state index is -0.221. The van der Waals surface area contributed by atoms with Crippen LogP contribution in [0.2, 0.25) is 0 Å². The summed E-state index contributed by atoms with van der Waals surface area (Å²) in [5, 5.41) is 5.51.